The van der Waals surface area contributed by atoms with Crippen LogP contribution in [0, 0.1) is 0 Å². The first-order valence-electron chi connectivity index (χ1n) is 11.5. The van der Waals surface area contributed by atoms with E-state index in [9.17, 15) is 0 Å². The Morgan fingerprint density at radius 3 is 1.69 bits per heavy atom. The second-order valence-electron chi connectivity index (χ2n) is 8.13. The first-order chi connectivity index (χ1) is 17.3. The van der Waals surface area contributed by atoms with Crippen LogP contribution >= 0.6 is 23.1 Å². The molecule has 0 bridgehead atoms. The molecule has 0 amide bonds. The lowest BCUT2D eigenvalue weighted by Crippen LogP contribution is -2.04. The lowest BCUT2D eigenvalue weighted by Gasteiger charge is -2.06. The van der Waals surface area contributed by atoms with E-state index in [0.717, 1.165) is 27.0 Å². The molecule has 1 aliphatic rings. The van der Waals surface area contributed by atoms with Crippen molar-refractivity contribution in [2.24, 2.45) is 0 Å². The maximum absolute atomic E-state index is 5.09. The van der Waals surface area contributed by atoms with Gasteiger partial charge in [-0.25, -0.2) is 4.98 Å². The molecule has 5 aromatic rings. The highest BCUT2D eigenvalue weighted by atomic mass is 32.2. The molecular formula is C31H22N2S2. The van der Waals surface area contributed by atoms with E-state index in [4.69, 9.17) is 4.98 Å². The molecule has 2 nitrogen and oxygen atoms in total. The third-order valence-corrected chi connectivity index (χ3v) is 7.90. The van der Waals surface area contributed by atoms with E-state index in [1.165, 1.54) is 26.5 Å². The van der Waals surface area contributed by atoms with Gasteiger partial charge in [0.05, 0.1) is 21.3 Å². The van der Waals surface area contributed by atoms with Crippen molar-refractivity contribution in [2.45, 2.75) is 0 Å². The summed E-state index contributed by atoms with van der Waals surface area (Å²) in [6.07, 6.45) is 2.17. The predicted octanol–water partition coefficient (Wildman–Crippen LogP) is 8.64. The Morgan fingerprint density at radius 1 is 0.571 bits per heavy atom. The third kappa shape index (κ3) is 4.59. The molecule has 4 aromatic carbocycles. The second-order valence-corrected chi connectivity index (χ2v) is 10.2. The SMILES string of the molecule is C(=C1/NC(c2ccccc2)=C(c2ccccc2)S1)/c1nc(-c2ccccc2)c(-c2ccccc2)s1. The Balaban J connectivity index is 1.41. The van der Waals surface area contributed by atoms with Gasteiger partial charge >= 0.3 is 0 Å². The van der Waals surface area contributed by atoms with Crippen LogP contribution in [0.15, 0.2) is 126 Å². The van der Waals surface area contributed by atoms with Crippen molar-refractivity contribution < 1.29 is 0 Å². The zero-order chi connectivity index (χ0) is 23.5. The molecule has 1 aliphatic heterocycles. The van der Waals surface area contributed by atoms with Crippen molar-refractivity contribution in [3.8, 4) is 21.7 Å². The number of thiazole rings is 1. The Hall–Kier alpha value is -3.86. The minimum atomic E-state index is 0.986. The van der Waals surface area contributed by atoms with Crippen LogP contribution in [0.2, 0.25) is 0 Å². The topological polar surface area (TPSA) is 24.9 Å². The number of nitrogens with one attached hydrogen (secondary N) is 1. The molecule has 4 heteroatoms. The predicted molar refractivity (Wildman–Crippen MR) is 151 cm³/mol. The van der Waals surface area contributed by atoms with Gasteiger partial charge in [-0.3, -0.25) is 0 Å². The Morgan fingerprint density at radius 2 is 1.09 bits per heavy atom. The summed E-state index contributed by atoms with van der Waals surface area (Å²) in [5.41, 5.74) is 6.87. The monoisotopic (exact) mass is 486 g/mol. The fraction of sp³-hybridized carbons (Fsp3) is 0. The Bertz CT molecular complexity index is 1390. The van der Waals surface area contributed by atoms with Crippen LogP contribution in [0.4, 0.5) is 0 Å². The lowest BCUT2D eigenvalue weighted by atomic mass is 10.1. The third-order valence-electron chi connectivity index (χ3n) is 5.77. The van der Waals surface area contributed by atoms with Gasteiger partial charge in [-0.1, -0.05) is 133 Å². The lowest BCUT2D eigenvalue weighted by molar-refractivity contribution is 1.22. The zero-order valence-electron chi connectivity index (χ0n) is 18.9. The van der Waals surface area contributed by atoms with Crippen molar-refractivity contribution in [1.82, 2.24) is 10.3 Å². The largest absolute Gasteiger partial charge is 0.348 e. The van der Waals surface area contributed by atoms with Gasteiger partial charge < -0.3 is 5.32 Å². The number of hydrogen-bond donors (Lipinski definition) is 1. The standard InChI is InChI=1S/C31H22N2S2/c1-5-13-22(14-6-1)28-30(24-17-9-3-10-18-24)34-26(32-28)21-27-33-29(23-15-7-2-8-16-23)31(35-27)25-19-11-4-12-20-25/h1-21,32H/b26-21+. The van der Waals surface area contributed by atoms with Crippen molar-refractivity contribution in [3.63, 3.8) is 0 Å². The van der Waals surface area contributed by atoms with Gasteiger partial charge in [0.25, 0.3) is 0 Å². The summed E-state index contributed by atoms with van der Waals surface area (Å²) in [4.78, 5) is 7.50. The number of benzene rings is 4. The average molecular weight is 487 g/mol. The van der Waals surface area contributed by atoms with E-state index in [0.29, 0.717) is 0 Å². The van der Waals surface area contributed by atoms with E-state index < -0.39 is 0 Å². The highest BCUT2D eigenvalue weighted by Gasteiger charge is 2.23. The van der Waals surface area contributed by atoms with E-state index in [1.807, 2.05) is 6.07 Å². The molecule has 6 rings (SSSR count). The van der Waals surface area contributed by atoms with E-state index in [1.54, 1.807) is 23.1 Å². The molecule has 1 N–H and O–H groups in total. The van der Waals surface area contributed by atoms with Gasteiger partial charge in [-0.05, 0) is 16.7 Å². The quantitative estimate of drug-likeness (QED) is 0.269. The normalized spacial score (nSPS) is 14.3. The summed E-state index contributed by atoms with van der Waals surface area (Å²) in [6, 6.07) is 42.1. The minimum absolute atomic E-state index is 0.986. The first kappa shape index (κ1) is 21.7. The molecule has 168 valence electrons. The molecule has 35 heavy (non-hydrogen) atoms. The molecule has 0 saturated heterocycles. The molecule has 0 spiro atoms. The van der Waals surface area contributed by atoms with Crippen molar-refractivity contribution >= 4 is 39.8 Å². The van der Waals surface area contributed by atoms with Crippen molar-refractivity contribution in [3.05, 3.63) is 142 Å². The highest BCUT2D eigenvalue weighted by Crippen LogP contribution is 2.45. The number of hydrogen-bond acceptors (Lipinski definition) is 4. The molecule has 0 unspecified atom stereocenters. The Kier molecular flexibility index (Phi) is 6.06. The van der Waals surface area contributed by atoms with Crippen LogP contribution in [0.3, 0.4) is 0 Å². The van der Waals surface area contributed by atoms with Crippen molar-refractivity contribution in [2.75, 3.05) is 0 Å². The van der Waals surface area contributed by atoms with Gasteiger partial charge in [-0.15, -0.1) is 11.3 Å². The average Bonchev–Trinajstić information content (AvgIpc) is 3.56. The van der Waals surface area contributed by atoms with E-state index in [-0.39, 0.29) is 0 Å². The molecule has 0 saturated carbocycles. The minimum Gasteiger partial charge on any atom is -0.348 e. The Labute approximate surface area is 213 Å². The maximum Gasteiger partial charge on any atom is 0.120 e. The molecule has 0 atom stereocenters. The van der Waals surface area contributed by atoms with E-state index >= 15 is 0 Å². The van der Waals surface area contributed by atoms with Gasteiger partial charge in [0.1, 0.15) is 5.01 Å². The molecule has 1 aromatic heterocycles. The molecule has 0 radical (unpaired) electrons. The molecule has 0 fully saturated rings. The van der Waals surface area contributed by atoms with Crippen LogP contribution < -0.4 is 5.32 Å². The maximum atomic E-state index is 5.09. The van der Waals surface area contributed by atoms with Gasteiger partial charge in [0.15, 0.2) is 0 Å². The van der Waals surface area contributed by atoms with Crippen LogP contribution in [0.1, 0.15) is 16.1 Å². The van der Waals surface area contributed by atoms with Crippen LogP contribution in [-0.2, 0) is 0 Å². The van der Waals surface area contributed by atoms with Crippen LogP contribution in [0.25, 0.3) is 38.4 Å². The van der Waals surface area contributed by atoms with Gasteiger partial charge in [0, 0.05) is 16.5 Å². The summed E-state index contributed by atoms with van der Waals surface area (Å²) in [5.74, 6) is 0. The van der Waals surface area contributed by atoms with Crippen molar-refractivity contribution in [1.29, 1.82) is 0 Å². The number of nitrogens with zero attached hydrogens (tertiary/aromatic N) is 1. The fourth-order valence-corrected chi connectivity index (χ4v) is 6.30. The fourth-order valence-electron chi connectivity index (χ4n) is 4.12. The number of aromatic nitrogens is 1. The smallest absolute Gasteiger partial charge is 0.120 e. The first-order valence-corrected chi connectivity index (χ1v) is 13.1. The molecule has 0 aliphatic carbocycles. The van der Waals surface area contributed by atoms with Gasteiger partial charge in [-0.2, -0.15) is 0 Å². The zero-order valence-corrected chi connectivity index (χ0v) is 20.5. The number of rotatable bonds is 5. The second kappa shape index (κ2) is 9.79. The molecule has 2 heterocycles. The summed E-state index contributed by atoms with van der Waals surface area (Å²) >= 11 is 3.49. The van der Waals surface area contributed by atoms with Crippen LogP contribution in [0.5, 0.6) is 0 Å². The highest BCUT2D eigenvalue weighted by molar-refractivity contribution is 8.12. The summed E-state index contributed by atoms with van der Waals surface area (Å²) in [7, 11) is 0. The number of thioether (sulfide) groups is 1. The summed E-state index contributed by atoms with van der Waals surface area (Å²) in [6.45, 7) is 0. The van der Waals surface area contributed by atoms with Crippen LogP contribution in [-0.4, -0.2) is 4.98 Å². The van der Waals surface area contributed by atoms with E-state index in [2.05, 4.69) is 127 Å². The summed E-state index contributed by atoms with van der Waals surface area (Å²) < 4.78 is 0. The van der Waals surface area contributed by atoms with Gasteiger partial charge in [0.2, 0.25) is 0 Å². The molecular weight excluding hydrogens is 464 g/mol. The summed E-state index contributed by atoms with van der Waals surface area (Å²) in [5, 5.41) is 5.75.